The van der Waals surface area contributed by atoms with E-state index in [1.54, 1.807) is 0 Å². The summed E-state index contributed by atoms with van der Waals surface area (Å²) in [5.41, 5.74) is 2.05. The monoisotopic (exact) mass is 394 g/mol. The van der Waals surface area contributed by atoms with Crippen LogP contribution in [0.25, 0.3) is 0 Å². The summed E-state index contributed by atoms with van der Waals surface area (Å²) in [6, 6.07) is 19.9. The number of carbonyl (C=O) groups excluding carboxylic acids is 2. The summed E-state index contributed by atoms with van der Waals surface area (Å²) in [5.74, 6) is 0.102. The molecule has 5 heteroatoms. The van der Waals surface area contributed by atoms with Gasteiger partial charge in [0.2, 0.25) is 11.8 Å². The third-order valence-corrected chi connectivity index (χ3v) is 5.35. The molecular formula is C24H30N2O3. The van der Waals surface area contributed by atoms with Gasteiger partial charge in [0.15, 0.2) is 0 Å². The molecular weight excluding hydrogens is 364 g/mol. The van der Waals surface area contributed by atoms with Gasteiger partial charge in [-0.2, -0.15) is 0 Å². The lowest BCUT2D eigenvalue weighted by atomic mass is 9.96. The topological polar surface area (TPSA) is 58.6 Å². The fourth-order valence-electron chi connectivity index (χ4n) is 3.67. The van der Waals surface area contributed by atoms with Crippen LogP contribution in [0.5, 0.6) is 0 Å². The Morgan fingerprint density at radius 3 is 2.07 bits per heavy atom. The maximum absolute atomic E-state index is 12.7. The molecule has 1 N–H and O–H groups in total. The number of carbonyl (C=O) groups is 2. The minimum absolute atomic E-state index is 0.00732. The molecule has 5 nitrogen and oxygen atoms in total. The van der Waals surface area contributed by atoms with Crippen LogP contribution in [0.1, 0.15) is 43.4 Å². The molecule has 1 aliphatic heterocycles. The zero-order valence-electron chi connectivity index (χ0n) is 17.0. The quantitative estimate of drug-likeness (QED) is 0.745. The number of benzene rings is 2. The van der Waals surface area contributed by atoms with Crippen molar-refractivity contribution in [1.29, 1.82) is 0 Å². The first-order valence-corrected chi connectivity index (χ1v) is 10.5. The van der Waals surface area contributed by atoms with Gasteiger partial charge in [0.25, 0.3) is 0 Å². The summed E-state index contributed by atoms with van der Waals surface area (Å²) < 4.78 is 6.09. The predicted molar refractivity (Wildman–Crippen MR) is 113 cm³/mol. The van der Waals surface area contributed by atoms with Crippen molar-refractivity contribution in [3.05, 3.63) is 71.8 Å². The first-order valence-electron chi connectivity index (χ1n) is 10.5. The Balaban J connectivity index is 1.55. The second-order valence-corrected chi connectivity index (χ2v) is 7.46. The largest absolute Gasteiger partial charge is 0.359 e. The van der Waals surface area contributed by atoms with Gasteiger partial charge in [0.1, 0.15) is 12.7 Å². The highest BCUT2D eigenvalue weighted by Crippen LogP contribution is 2.26. The van der Waals surface area contributed by atoms with Gasteiger partial charge >= 0.3 is 0 Å². The van der Waals surface area contributed by atoms with E-state index in [9.17, 15) is 9.59 Å². The molecule has 0 radical (unpaired) electrons. The average molecular weight is 395 g/mol. The molecule has 2 aromatic rings. The molecule has 0 unspecified atom stereocenters. The van der Waals surface area contributed by atoms with Crippen LogP contribution in [0, 0.1) is 5.92 Å². The molecule has 1 fully saturated rings. The molecule has 1 aliphatic rings. The third kappa shape index (κ3) is 5.91. The van der Waals surface area contributed by atoms with Gasteiger partial charge in [-0.15, -0.1) is 0 Å². The van der Waals surface area contributed by atoms with Crippen LogP contribution in [0.15, 0.2) is 60.7 Å². The Morgan fingerprint density at radius 2 is 1.55 bits per heavy atom. The number of amides is 2. The van der Waals surface area contributed by atoms with Crippen LogP contribution in [-0.4, -0.2) is 43.0 Å². The standard InChI is InChI=1S/C24H30N2O3/c1-2-15-25-24(28)21-13-16-26(17-14-21)22(27)18-29-23(19-9-5-3-6-10-19)20-11-7-4-8-12-20/h3-12,21,23H,2,13-18H2,1H3,(H,25,28). The van der Waals surface area contributed by atoms with Crippen molar-refractivity contribution in [3.63, 3.8) is 0 Å². The van der Waals surface area contributed by atoms with E-state index < -0.39 is 0 Å². The number of ether oxygens (including phenoxy) is 1. The van der Waals surface area contributed by atoms with Crippen LogP contribution in [0.4, 0.5) is 0 Å². The van der Waals surface area contributed by atoms with Gasteiger partial charge in [-0.3, -0.25) is 9.59 Å². The highest BCUT2D eigenvalue weighted by molar-refractivity contribution is 5.80. The van der Waals surface area contributed by atoms with E-state index in [0.29, 0.717) is 32.5 Å². The zero-order chi connectivity index (χ0) is 20.5. The van der Waals surface area contributed by atoms with E-state index in [0.717, 1.165) is 17.5 Å². The highest BCUT2D eigenvalue weighted by Gasteiger charge is 2.27. The molecule has 1 saturated heterocycles. The SMILES string of the molecule is CCCNC(=O)C1CCN(C(=O)COC(c2ccccc2)c2ccccc2)CC1. The summed E-state index contributed by atoms with van der Waals surface area (Å²) in [7, 11) is 0. The van der Waals surface area contributed by atoms with Crippen LogP contribution >= 0.6 is 0 Å². The summed E-state index contributed by atoms with van der Waals surface area (Å²) in [5, 5.41) is 2.96. The van der Waals surface area contributed by atoms with Gasteiger partial charge < -0.3 is 15.0 Å². The Hall–Kier alpha value is -2.66. The molecule has 0 spiro atoms. The maximum Gasteiger partial charge on any atom is 0.248 e. The molecule has 2 aromatic carbocycles. The molecule has 0 aromatic heterocycles. The molecule has 154 valence electrons. The van der Waals surface area contributed by atoms with E-state index in [1.165, 1.54) is 0 Å². The molecule has 2 amide bonds. The molecule has 3 rings (SSSR count). The van der Waals surface area contributed by atoms with Crippen LogP contribution < -0.4 is 5.32 Å². The summed E-state index contributed by atoms with van der Waals surface area (Å²) in [6.07, 6.45) is 2.08. The minimum atomic E-state index is -0.279. The molecule has 0 saturated carbocycles. The third-order valence-electron chi connectivity index (χ3n) is 5.35. The molecule has 0 atom stereocenters. The lowest BCUT2D eigenvalue weighted by Gasteiger charge is -2.31. The van der Waals surface area contributed by atoms with Gasteiger partial charge in [-0.1, -0.05) is 67.6 Å². The fraction of sp³-hybridized carbons (Fsp3) is 0.417. The summed E-state index contributed by atoms with van der Waals surface area (Å²) in [4.78, 5) is 26.7. The van der Waals surface area contributed by atoms with E-state index in [4.69, 9.17) is 4.74 Å². The molecule has 0 bridgehead atoms. The average Bonchev–Trinajstić information content (AvgIpc) is 2.79. The number of piperidine rings is 1. The zero-order valence-corrected chi connectivity index (χ0v) is 17.0. The fourth-order valence-corrected chi connectivity index (χ4v) is 3.67. The van der Waals surface area contributed by atoms with Crippen molar-refractivity contribution < 1.29 is 14.3 Å². The first-order chi connectivity index (χ1) is 14.2. The number of nitrogens with zero attached hydrogens (tertiary/aromatic N) is 1. The van der Waals surface area contributed by atoms with Crippen molar-refractivity contribution in [2.45, 2.75) is 32.3 Å². The smallest absolute Gasteiger partial charge is 0.248 e. The number of hydrogen-bond acceptors (Lipinski definition) is 3. The van der Waals surface area contributed by atoms with Crippen molar-refractivity contribution >= 4 is 11.8 Å². The second-order valence-electron chi connectivity index (χ2n) is 7.46. The van der Waals surface area contributed by atoms with Gasteiger partial charge in [-0.25, -0.2) is 0 Å². The second kappa shape index (κ2) is 10.8. The number of likely N-dealkylation sites (tertiary alicyclic amines) is 1. The van der Waals surface area contributed by atoms with E-state index in [2.05, 4.69) is 5.32 Å². The highest BCUT2D eigenvalue weighted by atomic mass is 16.5. The molecule has 29 heavy (non-hydrogen) atoms. The summed E-state index contributed by atoms with van der Waals surface area (Å²) in [6.45, 7) is 3.99. The van der Waals surface area contributed by atoms with E-state index in [1.807, 2.05) is 72.5 Å². The van der Waals surface area contributed by atoms with Crippen LogP contribution in [0.3, 0.4) is 0 Å². The van der Waals surface area contributed by atoms with Crippen molar-refractivity contribution in [1.82, 2.24) is 10.2 Å². The van der Waals surface area contributed by atoms with Gasteiger partial charge in [0.05, 0.1) is 0 Å². The molecule has 0 aliphatic carbocycles. The van der Waals surface area contributed by atoms with Gasteiger partial charge in [-0.05, 0) is 30.4 Å². The van der Waals surface area contributed by atoms with E-state index >= 15 is 0 Å². The van der Waals surface area contributed by atoms with Crippen molar-refractivity contribution in [2.75, 3.05) is 26.2 Å². The Morgan fingerprint density at radius 1 is 1.00 bits per heavy atom. The van der Waals surface area contributed by atoms with Crippen molar-refractivity contribution in [3.8, 4) is 0 Å². The van der Waals surface area contributed by atoms with Gasteiger partial charge in [0, 0.05) is 25.6 Å². The lowest BCUT2D eigenvalue weighted by Crippen LogP contribution is -2.44. The normalized spacial score (nSPS) is 14.8. The maximum atomic E-state index is 12.7. The number of nitrogens with one attached hydrogen (secondary N) is 1. The van der Waals surface area contributed by atoms with Crippen LogP contribution in [0.2, 0.25) is 0 Å². The predicted octanol–water partition coefficient (Wildman–Crippen LogP) is 3.56. The molecule has 1 heterocycles. The van der Waals surface area contributed by atoms with Crippen LogP contribution in [-0.2, 0) is 14.3 Å². The van der Waals surface area contributed by atoms with E-state index in [-0.39, 0.29) is 30.4 Å². The number of rotatable bonds is 8. The van der Waals surface area contributed by atoms with Crippen molar-refractivity contribution in [2.24, 2.45) is 5.92 Å². The Bertz CT molecular complexity index is 732. The number of hydrogen-bond donors (Lipinski definition) is 1. The lowest BCUT2D eigenvalue weighted by molar-refractivity contribution is -0.140. The first kappa shape index (κ1) is 21.1. The Labute approximate surface area is 173 Å². The minimum Gasteiger partial charge on any atom is -0.359 e. The summed E-state index contributed by atoms with van der Waals surface area (Å²) >= 11 is 0. The Kier molecular flexibility index (Phi) is 7.82.